The van der Waals surface area contributed by atoms with Crippen molar-refractivity contribution in [2.75, 3.05) is 0 Å². The van der Waals surface area contributed by atoms with Crippen LogP contribution in [0.3, 0.4) is 0 Å². The molecule has 0 atom stereocenters. The molecule has 2 aromatic rings. The second-order valence-corrected chi connectivity index (χ2v) is 7.30. The van der Waals surface area contributed by atoms with Crippen LogP contribution in [0, 0.1) is 6.92 Å². The maximum absolute atomic E-state index is 12.3. The van der Waals surface area contributed by atoms with Crippen LogP contribution in [-0.4, -0.2) is 10.8 Å². The van der Waals surface area contributed by atoms with Crippen LogP contribution >= 0.6 is 11.3 Å². The lowest BCUT2D eigenvalue weighted by molar-refractivity contribution is 0.205. The minimum Gasteiger partial charge on any atom is -0.330 e. The molecule has 134 valence electrons. The Kier molecular flexibility index (Phi) is 6.20. The molecule has 0 aliphatic carbocycles. The van der Waals surface area contributed by atoms with Gasteiger partial charge >= 0.3 is 11.7 Å². The Morgan fingerprint density at radius 1 is 1.40 bits per heavy atom. The highest BCUT2D eigenvalue weighted by Gasteiger charge is 2.20. The predicted molar refractivity (Wildman–Crippen MR) is 102 cm³/mol. The Hall–Kier alpha value is -2.34. The van der Waals surface area contributed by atoms with Gasteiger partial charge in [-0.2, -0.15) is 0 Å². The monoisotopic (exact) mass is 360 g/mol. The van der Waals surface area contributed by atoms with Gasteiger partial charge in [-0.15, -0.1) is 16.1 Å². The summed E-state index contributed by atoms with van der Waals surface area (Å²) in [5, 5.41) is 2.80. The van der Waals surface area contributed by atoms with Crippen LogP contribution in [0.5, 0.6) is 0 Å². The maximum Gasteiger partial charge on any atom is 0.361 e. The molecule has 2 aromatic heterocycles. The molecule has 0 unspecified atom stereocenters. The van der Waals surface area contributed by atoms with Crippen molar-refractivity contribution in [1.29, 1.82) is 0 Å². The molecule has 6 heteroatoms. The molecule has 0 fully saturated rings. The van der Waals surface area contributed by atoms with Crippen molar-refractivity contribution >= 4 is 22.9 Å². The van der Waals surface area contributed by atoms with Gasteiger partial charge in [0.2, 0.25) is 0 Å². The van der Waals surface area contributed by atoms with E-state index in [1.54, 1.807) is 18.3 Å². The van der Waals surface area contributed by atoms with Crippen LogP contribution in [0.4, 0.5) is 4.79 Å². The van der Waals surface area contributed by atoms with Crippen LogP contribution in [-0.2, 0) is 6.54 Å². The standard InChI is InChI=1S/C19H24N2O3S/c1-6-7-8-13(4)16-10-9-15(25-16)11-20-19(23)21-14(5)17(12(2)3)18(22)24-21/h6-10,12H,11H2,1-5H3,(H,20,23)/b7-6-,13-8+. The first kappa shape index (κ1) is 19.0. The number of hydrogen-bond acceptors (Lipinski definition) is 4. The number of carbonyl (C=O) groups excluding carboxylic acids is 1. The highest BCUT2D eigenvalue weighted by Crippen LogP contribution is 2.24. The quantitative estimate of drug-likeness (QED) is 0.788. The second kappa shape index (κ2) is 8.16. The lowest BCUT2D eigenvalue weighted by Crippen LogP contribution is -2.28. The minimum atomic E-state index is -0.453. The van der Waals surface area contributed by atoms with E-state index in [1.165, 1.54) is 5.57 Å². The summed E-state index contributed by atoms with van der Waals surface area (Å²) in [6.45, 7) is 9.94. The molecular formula is C19H24N2O3S. The van der Waals surface area contributed by atoms with E-state index in [2.05, 4.69) is 18.3 Å². The van der Waals surface area contributed by atoms with Crippen molar-refractivity contribution in [3.63, 3.8) is 0 Å². The zero-order valence-electron chi connectivity index (χ0n) is 15.3. The first-order chi connectivity index (χ1) is 11.8. The SMILES string of the molecule is C/C=C\C=C(/C)c1ccc(CNC(=O)n2oc(=O)c(C(C)C)c2C)s1. The van der Waals surface area contributed by atoms with Crippen molar-refractivity contribution < 1.29 is 9.32 Å². The smallest absolute Gasteiger partial charge is 0.330 e. The van der Waals surface area contributed by atoms with Crippen molar-refractivity contribution in [1.82, 2.24) is 10.1 Å². The number of hydrogen-bond donors (Lipinski definition) is 1. The van der Waals surface area contributed by atoms with Crippen molar-refractivity contribution in [2.45, 2.75) is 47.1 Å². The summed E-state index contributed by atoms with van der Waals surface area (Å²) in [7, 11) is 0. The normalized spacial score (nSPS) is 12.3. The molecule has 0 aliphatic heterocycles. The number of allylic oxidation sites excluding steroid dienone is 4. The van der Waals surface area contributed by atoms with E-state index in [0.29, 0.717) is 17.8 Å². The van der Waals surface area contributed by atoms with Crippen LogP contribution in [0.15, 0.2) is 39.7 Å². The minimum absolute atomic E-state index is 0.0112. The lowest BCUT2D eigenvalue weighted by atomic mass is 10.1. The van der Waals surface area contributed by atoms with Gasteiger partial charge in [0.05, 0.1) is 17.8 Å². The number of nitrogens with zero attached hydrogens (tertiary/aromatic N) is 1. The van der Waals surface area contributed by atoms with Crippen LogP contribution in [0.25, 0.3) is 5.57 Å². The molecule has 0 aromatic carbocycles. The Morgan fingerprint density at radius 2 is 2.12 bits per heavy atom. The van der Waals surface area contributed by atoms with E-state index in [4.69, 9.17) is 4.52 Å². The summed E-state index contributed by atoms with van der Waals surface area (Å²) in [4.78, 5) is 26.4. The Morgan fingerprint density at radius 3 is 2.72 bits per heavy atom. The topological polar surface area (TPSA) is 64.2 Å². The van der Waals surface area contributed by atoms with Crippen LogP contribution in [0.1, 0.15) is 54.6 Å². The van der Waals surface area contributed by atoms with Gasteiger partial charge in [-0.25, -0.2) is 9.59 Å². The third-order valence-electron chi connectivity index (χ3n) is 3.85. The summed E-state index contributed by atoms with van der Waals surface area (Å²) in [5.41, 5.74) is 1.81. The highest BCUT2D eigenvalue weighted by atomic mass is 32.1. The molecule has 0 bridgehead atoms. The number of carbonyl (C=O) groups is 1. The lowest BCUT2D eigenvalue weighted by Gasteiger charge is -2.05. The summed E-state index contributed by atoms with van der Waals surface area (Å²) >= 11 is 1.63. The fraction of sp³-hybridized carbons (Fsp3) is 0.368. The van der Waals surface area contributed by atoms with E-state index in [9.17, 15) is 9.59 Å². The van der Waals surface area contributed by atoms with E-state index in [-0.39, 0.29) is 5.92 Å². The highest BCUT2D eigenvalue weighted by molar-refractivity contribution is 7.13. The molecule has 0 aliphatic rings. The third-order valence-corrected chi connectivity index (χ3v) is 5.07. The molecule has 0 spiro atoms. The van der Waals surface area contributed by atoms with Gasteiger partial charge in [0, 0.05) is 9.75 Å². The molecule has 0 saturated carbocycles. The Labute approximate surface area is 151 Å². The molecule has 5 nitrogen and oxygen atoms in total. The van der Waals surface area contributed by atoms with Gasteiger partial charge in [0.15, 0.2) is 0 Å². The number of amides is 1. The van der Waals surface area contributed by atoms with Gasteiger partial charge in [-0.05, 0) is 44.4 Å². The van der Waals surface area contributed by atoms with E-state index in [1.807, 2.05) is 45.1 Å². The second-order valence-electron chi connectivity index (χ2n) is 6.13. The molecule has 0 radical (unpaired) electrons. The molecule has 25 heavy (non-hydrogen) atoms. The molecule has 0 saturated heterocycles. The average molecular weight is 360 g/mol. The summed E-state index contributed by atoms with van der Waals surface area (Å²) in [6, 6.07) is 3.60. The first-order valence-corrected chi connectivity index (χ1v) is 9.06. The van der Waals surface area contributed by atoms with Gasteiger partial charge in [-0.3, -0.25) is 0 Å². The van der Waals surface area contributed by atoms with E-state index >= 15 is 0 Å². The zero-order chi connectivity index (χ0) is 18.6. The molecule has 2 heterocycles. The summed E-state index contributed by atoms with van der Waals surface area (Å²) in [6.07, 6.45) is 6.04. The van der Waals surface area contributed by atoms with Crippen molar-refractivity contribution in [3.05, 3.63) is 61.8 Å². The molecule has 1 N–H and O–H groups in total. The number of nitrogens with one attached hydrogen (secondary N) is 1. The fourth-order valence-electron chi connectivity index (χ4n) is 2.55. The molecule has 2 rings (SSSR count). The van der Waals surface area contributed by atoms with Gasteiger partial charge in [-0.1, -0.05) is 32.1 Å². The van der Waals surface area contributed by atoms with E-state index < -0.39 is 11.7 Å². The number of rotatable bonds is 5. The van der Waals surface area contributed by atoms with E-state index in [0.717, 1.165) is 14.5 Å². The van der Waals surface area contributed by atoms with Gasteiger partial charge in [0.1, 0.15) is 0 Å². The molecule has 1 amide bonds. The van der Waals surface area contributed by atoms with Crippen molar-refractivity contribution in [2.24, 2.45) is 0 Å². The predicted octanol–water partition coefficient (Wildman–Crippen LogP) is 4.67. The van der Waals surface area contributed by atoms with Crippen LogP contribution in [0.2, 0.25) is 0 Å². The third kappa shape index (κ3) is 4.39. The average Bonchev–Trinajstić information content (AvgIpc) is 3.14. The largest absolute Gasteiger partial charge is 0.361 e. The van der Waals surface area contributed by atoms with Crippen molar-refractivity contribution in [3.8, 4) is 0 Å². The Bertz CT molecular complexity index is 866. The van der Waals surface area contributed by atoms with Crippen LogP contribution < -0.4 is 10.9 Å². The maximum atomic E-state index is 12.3. The van der Waals surface area contributed by atoms with Gasteiger partial charge in [0.25, 0.3) is 0 Å². The van der Waals surface area contributed by atoms with Gasteiger partial charge < -0.3 is 9.84 Å². The Balaban J connectivity index is 2.08. The first-order valence-electron chi connectivity index (χ1n) is 8.24. The summed E-state index contributed by atoms with van der Waals surface area (Å²) < 4.78 is 6.13. The fourth-order valence-corrected chi connectivity index (χ4v) is 3.47. The number of thiophene rings is 1. The molecular weight excluding hydrogens is 336 g/mol. The number of aromatic nitrogens is 1. The zero-order valence-corrected chi connectivity index (χ0v) is 16.1. The summed E-state index contributed by atoms with van der Waals surface area (Å²) in [5.74, 6) is 0.0112.